The van der Waals surface area contributed by atoms with Crippen LogP contribution in [0.5, 0.6) is 5.75 Å². The highest BCUT2D eigenvalue weighted by molar-refractivity contribution is 7.92. The van der Waals surface area contributed by atoms with Crippen molar-refractivity contribution >= 4 is 51.0 Å². The predicted molar refractivity (Wildman–Crippen MR) is 131 cm³/mol. The van der Waals surface area contributed by atoms with Crippen LogP contribution in [0.4, 0.5) is 5.69 Å². The Bertz CT molecular complexity index is 1260. The Balaban J connectivity index is 1.84. The van der Waals surface area contributed by atoms with Gasteiger partial charge in [-0.1, -0.05) is 47.0 Å². The highest BCUT2D eigenvalue weighted by Gasteiger charge is 2.27. The van der Waals surface area contributed by atoms with E-state index in [-0.39, 0.29) is 4.90 Å². The molecule has 0 fully saturated rings. The van der Waals surface area contributed by atoms with Crippen LogP contribution >= 0.6 is 23.2 Å². The average Bonchev–Trinajstić information content (AvgIpc) is 2.80. The molecule has 0 heterocycles. The molecule has 0 unspecified atom stereocenters. The fourth-order valence-electron chi connectivity index (χ4n) is 2.84. The molecule has 3 aromatic rings. The summed E-state index contributed by atoms with van der Waals surface area (Å²) in [5.74, 6) is -0.0695. The summed E-state index contributed by atoms with van der Waals surface area (Å²) < 4.78 is 32.9. The molecule has 0 bridgehead atoms. The van der Waals surface area contributed by atoms with Crippen LogP contribution in [0.2, 0.25) is 10.0 Å². The number of aryl methyl sites for hydroxylation is 1. The van der Waals surface area contributed by atoms with Gasteiger partial charge in [-0.05, 0) is 61.0 Å². The first-order chi connectivity index (χ1) is 15.7. The molecule has 3 rings (SSSR count). The monoisotopic (exact) mass is 505 g/mol. The van der Waals surface area contributed by atoms with Gasteiger partial charge < -0.3 is 4.74 Å². The summed E-state index contributed by atoms with van der Waals surface area (Å²) in [6, 6.07) is 17.6. The Hall–Kier alpha value is -3.07. The van der Waals surface area contributed by atoms with Crippen molar-refractivity contribution in [1.82, 2.24) is 5.43 Å². The van der Waals surface area contributed by atoms with Gasteiger partial charge in [-0.25, -0.2) is 13.8 Å². The maximum atomic E-state index is 13.3. The van der Waals surface area contributed by atoms with E-state index in [1.54, 1.807) is 54.6 Å². The van der Waals surface area contributed by atoms with Gasteiger partial charge in [0.1, 0.15) is 12.3 Å². The zero-order valence-electron chi connectivity index (χ0n) is 17.8. The van der Waals surface area contributed by atoms with Crippen molar-refractivity contribution in [3.63, 3.8) is 0 Å². The average molecular weight is 506 g/mol. The summed E-state index contributed by atoms with van der Waals surface area (Å²) in [6.45, 7) is 1.37. The van der Waals surface area contributed by atoms with Crippen molar-refractivity contribution in [3.8, 4) is 5.75 Å². The van der Waals surface area contributed by atoms with E-state index in [9.17, 15) is 13.2 Å². The van der Waals surface area contributed by atoms with Gasteiger partial charge in [-0.3, -0.25) is 9.10 Å². The van der Waals surface area contributed by atoms with E-state index in [0.29, 0.717) is 27.0 Å². The third-order valence-corrected chi connectivity index (χ3v) is 7.13. The standard InChI is InChI=1S/C23H21Cl2N3O4S/c1-16-3-10-20(11-4-16)33(30,31)28(18-6-8-19(32-2)9-7-18)15-23(29)27-26-14-17-5-12-21(24)22(25)13-17/h3-14H,15H2,1-2H3,(H,27,29)/b26-14-. The van der Waals surface area contributed by atoms with E-state index in [4.69, 9.17) is 27.9 Å². The molecule has 3 aromatic carbocycles. The fourth-order valence-corrected chi connectivity index (χ4v) is 4.57. The van der Waals surface area contributed by atoms with E-state index in [1.807, 2.05) is 6.92 Å². The molecule has 0 saturated heterocycles. The molecule has 1 N–H and O–H groups in total. The van der Waals surface area contributed by atoms with E-state index in [2.05, 4.69) is 10.5 Å². The molecule has 0 aliphatic rings. The molecule has 0 atom stereocenters. The number of nitrogens with one attached hydrogen (secondary N) is 1. The van der Waals surface area contributed by atoms with Crippen molar-refractivity contribution in [2.45, 2.75) is 11.8 Å². The summed E-state index contributed by atoms with van der Waals surface area (Å²) >= 11 is 11.9. The number of hydrazone groups is 1. The largest absolute Gasteiger partial charge is 0.497 e. The number of nitrogens with zero attached hydrogens (tertiary/aromatic N) is 2. The summed E-state index contributed by atoms with van der Waals surface area (Å²) in [5.41, 5.74) is 4.18. The van der Waals surface area contributed by atoms with Crippen LogP contribution in [-0.2, 0) is 14.8 Å². The third-order valence-electron chi connectivity index (χ3n) is 4.60. The molecule has 0 spiro atoms. The minimum atomic E-state index is -4.03. The second kappa shape index (κ2) is 10.7. The van der Waals surface area contributed by atoms with Crippen molar-refractivity contribution in [3.05, 3.63) is 87.9 Å². The highest BCUT2D eigenvalue weighted by atomic mass is 35.5. The number of carbonyl (C=O) groups excluding carboxylic acids is 1. The number of methoxy groups -OCH3 is 1. The van der Waals surface area contributed by atoms with E-state index >= 15 is 0 Å². The first-order valence-corrected chi connectivity index (χ1v) is 11.9. The van der Waals surface area contributed by atoms with Gasteiger partial charge in [0.15, 0.2) is 0 Å². The molecule has 7 nitrogen and oxygen atoms in total. The smallest absolute Gasteiger partial charge is 0.264 e. The lowest BCUT2D eigenvalue weighted by atomic mass is 10.2. The van der Waals surface area contributed by atoms with Gasteiger partial charge in [0, 0.05) is 0 Å². The molecule has 0 aliphatic carbocycles. The van der Waals surface area contributed by atoms with Crippen molar-refractivity contribution in [2.75, 3.05) is 18.0 Å². The summed E-state index contributed by atoms with van der Waals surface area (Å²) in [7, 11) is -2.52. The number of ether oxygens (including phenoxy) is 1. The highest BCUT2D eigenvalue weighted by Crippen LogP contribution is 2.26. The minimum absolute atomic E-state index is 0.0658. The van der Waals surface area contributed by atoms with Gasteiger partial charge in [0.2, 0.25) is 0 Å². The van der Waals surface area contributed by atoms with Crippen LogP contribution in [0.3, 0.4) is 0 Å². The molecule has 0 radical (unpaired) electrons. The van der Waals surface area contributed by atoms with Gasteiger partial charge in [0.25, 0.3) is 15.9 Å². The SMILES string of the molecule is COc1ccc(N(CC(=O)N/N=C\c2ccc(Cl)c(Cl)c2)S(=O)(=O)c2ccc(C)cc2)cc1. The summed E-state index contributed by atoms with van der Waals surface area (Å²) in [4.78, 5) is 12.7. The van der Waals surface area contributed by atoms with Crippen LogP contribution in [0.15, 0.2) is 76.7 Å². The second-order valence-electron chi connectivity index (χ2n) is 6.99. The first-order valence-electron chi connectivity index (χ1n) is 9.71. The minimum Gasteiger partial charge on any atom is -0.497 e. The number of anilines is 1. The van der Waals surface area contributed by atoms with Crippen molar-refractivity contribution < 1.29 is 17.9 Å². The first kappa shape index (κ1) is 24.6. The Morgan fingerprint density at radius 1 is 1.03 bits per heavy atom. The van der Waals surface area contributed by atoms with E-state index < -0.39 is 22.5 Å². The molecule has 172 valence electrons. The number of hydrogen-bond acceptors (Lipinski definition) is 5. The number of sulfonamides is 1. The maximum Gasteiger partial charge on any atom is 0.264 e. The lowest BCUT2D eigenvalue weighted by molar-refractivity contribution is -0.119. The van der Waals surface area contributed by atoms with Gasteiger partial charge in [-0.2, -0.15) is 5.10 Å². The molecule has 0 saturated carbocycles. The fraction of sp³-hybridized carbons (Fsp3) is 0.130. The molecule has 0 aromatic heterocycles. The van der Waals surface area contributed by atoms with Gasteiger partial charge >= 0.3 is 0 Å². The summed E-state index contributed by atoms with van der Waals surface area (Å²) in [6.07, 6.45) is 1.38. The van der Waals surface area contributed by atoms with Gasteiger partial charge in [-0.15, -0.1) is 0 Å². The molecular weight excluding hydrogens is 485 g/mol. The lowest BCUT2D eigenvalue weighted by Gasteiger charge is -2.24. The Kier molecular flexibility index (Phi) is 7.97. The number of benzene rings is 3. The van der Waals surface area contributed by atoms with Crippen LogP contribution in [0, 0.1) is 6.92 Å². The van der Waals surface area contributed by atoms with Crippen molar-refractivity contribution in [2.24, 2.45) is 5.10 Å². The number of halogens is 2. The summed E-state index contributed by atoms with van der Waals surface area (Å²) in [5, 5.41) is 4.63. The van der Waals surface area contributed by atoms with E-state index in [0.717, 1.165) is 9.87 Å². The molecular formula is C23H21Cl2N3O4S. The maximum absolute atomic E-state index is 13.3. The quantitative estimate of drug-likeness (QED) is 0.356. The van der Waals surface area contributed by atoms with Crippen LogP contribution in [0.1, 0.15) is 11.1 Å². The topological polar surface area (TPSA) is 88.1 Å². The molecule has 1 amide bonds. The predicted octanol–water partition coefficient (Wildman–Crippen LogP) is 4.66. The lowest BCUT2D eigenvalue weighted by Crippen LogP contribution is -2.39. The number of hydrogen-bond donors (Lipinski definition) is 1. The van der Waals surface area contributed by atoms with Crippen LogP contribution in [0.25, 0.3) is 0 Å². The number of rotatable bonds is 8. The Morgan fingerprint density at radius 2 is 1.70 bits per heavy atom. The number of amides is 1. The van der Waals surface area contributed by atoms with Gasteiger partial charge in [0.05, 0.1) is 34.0 Å². The van der Waals surface area contributed by atoms with Crippen molar-refractivity contribution in [1.29, 1.82) is 0 Å². The van der Waals surface area contributed by atoms with Crippen LogP contribution < -0.4 is 14.5 Å². The molecule has 0 aliphatic heterocycles. The zero-order chi connectivity index (χ0) is 24.0. The van der Waals surface area contributed by atoms with Crippen LogP contribution in [-0.4, -0.2) is 34.2 Å². The zero-order valence-corrected chi connectivity index (χ0v) is 20.2. The molecule has 10 heteroatoms. The normalized spacial score (nSPS) is 11.4. The Labute approximate surface area is 202 Å². The Morgan fingerprint density at radius 3 is 2.30 bits per heavy atom. The second-order valence-corrected chi connectivity index (χ2v) is 9.67. The van der Waals surface area contributed by atoms with E-state index in [1.165, 1.54) is 25.5 Å². The number of carbonyl (C=O) groups is 1. The molecule has 33 heavy (non-hydrogen) atoms. The third kappa shape index (κ3) is 6.25.